The smallest absolute Gasteiger partial charge is 0.325 e. The first-order valence-electron chi connectivity index (χ1n) is 6.11. The van der Waals surface area contributed by atoms with E-state index in [9.17, 15) is 9.90 Å². The number of hydrogen-bond donors (Lipinski definition) is 2. The molecule has 3 nitrogen and oxygen atoms in total. The van der Waals surface area contributed by atoms with Crippen LogP contribution in [0.1, 0.15) is 35.6 Å². The van der Waals surface area contributed by atoms with Gasteiger partial charge in [-0.2, -0.15) is 0 Å². The number of carboxylic acid groups (broad SMARTS) is 1. The second kappa shape index (κ2) is 4.88. The molecule has 1 aliphatic rings. The quantitative estimate of drug-likeness (QED) is 0.821. The molecule has 3 heteroatoms. The van der Waals surface area contributed by atoms with Crippen molar-refractivity contribution in [2.24, 2.45) is 5.92 Å². The molecule has 1 unspecified atom stereocenters. The zero-order valence-electron chi connectivity index (χ0n) is 10.4. The Bertz CT molecular complexity index is 424. The van der Waals surface area contributed by atoms with E-state index in [1.54, 1.807) is 0 Å². The number of hydrogen-bond acceptors (Lipinski definition) is 2. The fourth-order valence-corrected chi connectivity index (χ4v) is 1.90. The number of carbonyl (C=O) groups is 1. The first-order chi connectivity index (χ1) is 8.08. The van der Waals surface area contributed by atoms with Crippen LogP contribution in [0.5, 0.6) is 0 Å². The highest BCUT2D eigenvalue weighted by Crippen LogP contribution is 2.28. The summed E-state index contributed by atoms with van der Waals surface area (Å²) < 4.78 is 0. The van der Waals surface area contributed by atoms with Gasteiger partial charge < -0.3 is 10.4 Å². The van der Waals surface area contributed by atoms with Crippen molar-refractivity contribution in [3.05, 3.63) is 34.9 Å². The molecule has 1 saturated carbocycles. The molecule has 0 radical (unpaired) electrons. The monoisotopic (exact) mass is 233 g/mol. The van der Waals surface area contributed by atoms with E-state index < -0.39 is 12.0 Å². The van der Waals surface area contributed by atoms with E-state index in [-0.39, 0.29) is 0 Å². The van der Waals surface area contributed by atoms with Crippen molar-refractivity contribution in [1.82, 2.24) is 5.32 Å². The predicted octanol–water partition coefficient (Wildman–Crippen LogP) is 2.43. The molecule has 2 N–H and O–H groups in total. The van der Waals surface area contributed by atoms with Gasteiger partial charge in [0.25, 0.3) is 0 Å². The molecule has 1 aromatic carbocycles. The van der Waals surface area contributed by atoms with E-state index >= 15 is 0 Å². The van der Waals surface area contributed by atoms with Crippen molar-refractivity contribution in [2.45, 2.75) is 32.7 Å². The summed E-state index contributed by atoms with van der Waals surface area (Å²) in [5.74, 6) is -0.114. The Labute approximate surface area is 102 Å². The average Bonchev–Trinajstić information content (AvgIpc) is 3.07. The zero-order valence-corrected chi connectivity index (χ0v) is 10.4. The van der Waals surface area contributed by atoms with Gasteiger partial charge in [-0.15, -0.1) is 0 Å². The van der Waals surface area contributed by atoms with Crippen LogP contribution in [0.25, 0.3) is 0 Å². The minimum Gasteiger partial charge on any atom is -0.480 e. The van der Waals surface area contributed by atoms with Crippen molar-refractivity contribution < 1.29 is 9.90 Å². The Hall–Kier alpha value is -1.35. The summed E-state index contributed by atoms with van der Waals surface area (Å²) in [4.78, 5) is 11.3. The van der Waals surface area contributed by atoms with Gasteiger partial charge in [-0.3, -0.25) is 4.79 Å². The minimum atomic E-state index is -0.797. The second-order valence-electron chi connectivity index (χ2n) is 4.97. The molecule has 0 spiro atoms. The van der Waals surface area contributed by atoms with Crippen LogP contribution in [0.4, 0.5) is 0 Å². The highest BCUT2D eigenvalue weighted by Gasteiger charge is 2.25. The SMILES string of the molecule is Cc1ccc(C(NCC2CC2)C(=O)O)cc1C. The number of aliphatic carboxylic acids is 1. The van der Waals surface area contributed by atoms with Crippen molar-refractivity contribution in [1.29, 1.82) is 0 Å². The lowest BCUT2D eigenvalue weighted by Crippen LogP contribution is -2.30. The number of aryl methyl sites for hydroxylation is 2. The van der Waals surface area contributed by atoms with Gasteiger partial charge in [-0.05, 0) is 55.8 Å². The summed E-state index contributed by atoms with van der Waals surface area (Å²) in [6.07, 6.45) is 2.46. The van der Waals surface area contributed by atoms with Crippen LogP contribution < -0.4 is 5.32 Å². The molecule has 1 aliphatic carbocycles. The lowest BCUT2D eigenvalue weighted by atomic mass is 10.0. The maximum absolute atomic E-state index is 11.3. The van der Waals surface area contributed by atoms with Gasteiger partial charge in [0.2, 0.25) is 0 Å². The lowest BCUT2D eigenvalue weighted by molar-refractivity contribution is -0.139. The molecule has 0 heterocycles. The van der Waals surface area contributed by atoms with Crippen molar-refractivity contribution in [2.75, 3.05) is 6.54 Å². The van der Waals surface area contributed by atoms with Crippen LogP contribution in [0.15, 0.2) is 18.2 Å². The summed E-state index contributed by atoms with van der Waals surface area (Å²) in [6, 6.07) is 5.28. The first kappa shape index (κ1) is 12.1. The van der Waals surface area contributed by atoms with Gasteiger partial charge in [-0.25, -0.2) is 0 Å². The van der Waals surface area contributed by atoms with E-state index in [1.807, 2.05) is 32.0 Å². The third-order valence-corrected chi connectivity index (χ3v) is 3.42. The van der Waals surface area contributed by atoms with Crippen LogP contribution >= 0.6 is 0 Å². The van der Waals surface area contributed by atoms with E-state index in [1.165, 1.54) is 18.4 Å². The van der Waals surface area contributed by atoms with Gasteiger partial charge in [0.1, 0.15) is 6.04 Å². The van der Waals surface area contributed by atoms with Gasteiger partial charge in [0.05, 0.1) is 0 Å². The Kier molecular flexibility index (Phi) is 3.48. The minimum absolute atomic E-state index is 0.574. The molecule has 0 aromatic heterocycles. The Morgan fingerprint density at radius 2 is 2.12 bits per heavy atom. The van der Waals surface area contributed by atoms with Gasteiger partial charge in [0.15, 0.2) is 0 Å². The van der Waals surface area contributed by atoms with Gasteiger partial charge >= 0.3 is 5.97 Å². The highest BCUT2D eigenvalue weighted by molar-refractivity contribution is 5.75. The molecular formula is C14H19NO2. The number of rotatable bonds is 5. The van der Waals surface area contributed by atoms with Crippen LogP contribution in [-0.2, 0) is 4.79 Å². The molecule has 0 bridgehead atoms. The second-order valence-corrected chi connectivity index (χ2v) is 4.97. The summed E-state index contributed by atoms with van der Waals surface area (Å²) >= 11 is 0. The van der Waals surface area contributed by atoms with Crippen LogP contribution in [0, 0.1) is 19.8 Å². The fraction of sp³-hybridized carbons (Fsp3) is 0.500. The van der Waals surface area contributed by atoms with Gasteiger partial charge in [-0.1, -0.05) is 18.2 Å². The third kappa shape index (κ3) is 3.07. The van der Waals surface area contributed by atoms with E-state index in [0.717, 1.165) is 17.7 Å². The number of nitrogens with one attached hydrogen (secondary N) is 1. The summed E-state index contributed by atoms with van der Waals surface area (Å²) in [5, 5.41) is 12.4. The van der Waals surface area contributed by atoms with Crippen LogP contribution in [-0.4, -0.2) is 17.6 Å². The topological polar surface area (TPSA) is 49.3 Å². The predicted molar refractivity (Wildman–Crippen MR) is 67.0 cm³/mol. The van der Waals surface area contributed by atoms with Crippen LogP contribution in [0.2, 0.25) is 0 Å². The molecule has 1 fully saturated rings. The zero-order chi connectivity index (χ0) is 12.4. The Balaban J connectivity index is 2.12. The van der Waals surface area contributed by atoms with Crippen molar-refractivity contribution >= 4 is 5.97 Å². The number of carboxylic acids is 1. The fourth-order valence-electron chi connectivity index (χ4n) is 1.90. The summed E-state index contributed by atoms with van der Waals surface area (Å²) in [7, 11) is 0. The summed E-state index contributed by atoms with van der Waals surface area (Å²) in [6.45, 7) is 4.86. The van der Waals surface area contributed by atoms with Crippen molar-refractivity contribution in [3.63, 3.8) is 0 Å². The Morgan fingerprint density at radius 3 is 2.65 bits per heavy atom. The van der Waals surface area contributed by atoms with E-state index in [0.29, 0.717) is 5.92 Å². The molecule has 92 valence electrons. The Morgan fingerprint density at radius 1 is 1.41 bits per heavy atom. The largest absolute Gasteiger partial charge is 0.480 e. The molecule has 17 heavy (non-hydrogen) atoms. The average molecular weight is 233 g/mol. The molecular weight excluding hydrogens is 214 g/mol. The van der Waals surface area contributed by atoms with Crippen molar-refractivity contribution in [3.8, 4) is 0 Å². The molecule has 1 atom stereocenters. The molecule has 2 rings (SSSR count). The standard InChI is InChI=1S/C14H19NO2/c1-9-3-6-12(7-10(9)2)13(14(16)17)15-8-11-4-5-11/h3,6-7,11,13,15H,4-5,8H2,1-2H3,(H,16,17). The maximum Gasteiger partial charge on any atom is 0.325 e. The highest BCUT2D eigenvalue weighted by atomic mass is 16.4. The normalized spacial score (nSPS) is 16.8. The summed E-state index contributed by atoms with van der Waals surface area (Å²) in [5.41, 5.74) is 3.18. The van der Waals surface area contributed by atoms with E-state index in [2.05, 4.69) is 5.32 Å². The number of benzene rings is 1. The molecule has 0 amide bonds. The van der Waals surface area contributed by atoms with Gasteiger partial charge in [0, 0.05) is 0 Å². The molecule has 0 aliphatic heterocycles. The molecule has 1 aromatic rings. The lowest BCUT2D eigenvalue weighted by Gasteiger charge is -2.15. The maximum atomic E-state index is 11.3. The third-order valence-electron chi connectivity index (χ3n) is 3.42. The first-order valence-corrected chi connectivity index (χ1v) is 6.11. The molecule has 0 saturated heterocycles. The van der Waals surface area contributed by atoms with Crippen LogP contribution in [0.3, 0.4) is 0 Å². The van der Waals surface area contributed by atoms with E-state index in [4.69, 9.17) is 0 Å².